The Morgan fingerprint density at radius 3 is 2.83 bits per heavy atom. The van der Waals surface area contributed by atoms with E-state index in [1.165, 1.54) is 29.7 Å². The Kier molecular flexibility index (Phi) is 4.48. The Morgan fingerprint density at radius 2 is 2.17 bits per heavy atom. The molecule has 8 heteroatoms. The minimum absolute atomic E-state index is 0.0679. The Morgan fingerprint density at radius 1 is 1.33 bits per heavy atom. The Hall–Kier alpha value is -2.87. The lowest BCUT2D eigenvalue weighted by Crippen LogP contribution is -2.28. The van der Waals surface area contributed by atoms with Gasteiger partial charge in [-0.3, -0.25) is 19.9 Å². The van der Waals surface area contributed by atoms with Crippen LogP contribution in [0, 0.1) is 10.1 Å². The summed E-state index contributed by atoms with van der Waals surface area (Å²) in [5.41, 5.74) is 0.561. The number of rotatable bonds is 5. The van der Waals surface area contributed by atoms with Gasteiger partial charge in [0.05, 0.1) is 27.4 Å². The van der Waals surface area contributed by atoms with E-state index >= 15 is 0 Å². The third-order valence-corrected chi connectivity index (χ3v) is 4.54. The number of nitro benzene ring substituents is 1. The molecule has 0 saturated heterocycles. The van der Waals surface area contributed by atoms with E-state index in [4.69, 9.17) is 0 Å². The highest BCUT2D eigenvalue weighted by Gasteiger charge is 2.21. The van der Waals surface area contributed by atoms with Gasteiger partial charge >= 0.3 is 0 Å². The number of amides is 1. The molecule has 0 aliphatic rings. The fraction of sp³-hybridized carbons (Fsp3) is 0.188. The van der Waals surface area contributed by atoms with Crippen LogP contribution in [0.1, 0.15) is 34.8 Å². The molecule has 0 fully saturated rings. The van der Waals surface area contributed by atoms with Gasteiger partial charge in [-0.15, -0.1) is 11.3 Å². The fourth-order valence-electron chi connectivity index (χ4n) is 2.48. The second-order valence-corrected chi connectivity index (χ2v) is 6.02. The van der Waals surface area contributed by atoms with Crippen LogP contribution in [0.25, 0.3) is 10.9 Å². The highest BCUT2D eigenvalue weighted by atomic mass is 32.1. The first-order chi connectivity index (χ1) is 11.6. The molecule has 24 heavy (non-hydrogen) atoms. The van der Waals surface area contributed by atoms with E-state index in [1.54, 1.807) is 18.3 Å². The molecule has 1 atom stereocenters. The van der Waals surface area contributed by atoms with Crippen molar-refractivity contribution in [1.29, 1.82) is 0 Å². The van der Waals surface area contributed by atoms with Gasteiger partial charge in [-0.05, 0) is 24.6 Å². The van der Waals surface area contributed by atoms with Crippen molar-refractivity contribution in [2.24, 2.45) is 0 Å². The average molecular weight is 342 g/mol. The van der Waals surface area contributed by atoms with Crippen molar-refractivity contribution in [3.05, 3.63) is 62.7 Å². The van der Waals surface area contributed by atoms with Crippen LogP contribution in [0.2, 0.25) is 0 Å². The molecule has 1 amide bonds. The highest BCUT2D eigenvalue weighted by Crippen LogP contribution is 2.27. The molecule has 1 N–H and O–H groups in total. The zero-order chi connectivity index (χ0) is 17.1. The maximum absolute atomic E-state index is 12.7. The minimum Gasteiger partial charge on any atom is -0.343 e. The van der Waals surface area contributed by atoms with Crippen LogP contribution in [-0.4, -0.2) is 20.8 Å². The molecule has 0 spiro atoms. The number of carbonyl (C=O) groups excluding carboxylic acids is 1. The number of non-ortho nitro benzene ring substituents is 1. The number of aromatic nitrogens is 2. The van der Waals surface area contributed by atoms with Crippen molar-refractivity contribution >= 4 is 33.8 Å². The van der Waals surface area contributed by atoms with Crippen molar-refractivity contribution in [1.82, 2.24) is 15.3 Å². The molecule has 7 nitrogen and oxygen atoms in total. The molecule has 2 aromatic heterocycles. The van der Waals surface area contributed by atoms with Gasteiger partial charge in [0, 0.05) is 23.8 Å². The first-order valence-corrected chi connectivity index (χ1v) is 8.22. The molecular formula is C16H14N4O3S. The van der Waals surface area contributed by atoms with Gasteiger partial charge in [0.15, 0.2) is 0 Å². The summed E-state index contributed by atoms with van der Waals surface area (Å²) in [6, 6.07) is 5.78. The van der Waals surface area contributed by atoms with Crippen LogP contribution in [0.3, 0.4) is 0 Å². The SMILES string of the molecule is CCC(NC(=O)c1ccc([N+](=O)[O-])c2cccnc12)c1nccs1. The first kappa shape index (κ1) is 16.0. The molecule has 3 aromatic rings. The van der Waals surface area contributed by atoms with Crippen molar-refractivity contribution in [2.45, 2.75) is 19.4 Å². The maximum atomic E-state index is 12.7. The molecule has 0 aliphatic carbocycles. The molecule has 1 aromatic carbocycles. The standard InChI is InChI=1S/C16H14N4O3S/c1-2-12(16-18-8-9-24-16)19-15(21)11-5-6-13(20(22)23)10-4-3-7-17-14(10)11/h3-9,12H,2H2,1H3,(H,19,21). The van der Waals surface area contributed by atoms with Gasteiger partial charge < -0.3 is 5.32 Å². The number of pyridine rings is 1. The molecule has 0 aliphatic heterocycles. The molecular weight excluding hydrogens is 328 g/mol. The highest BCUT2D eigenvalue weighted by molar-refractivity contribution is 7.09. The zero-order valence-electron chi connectivity index (χ0n) is 12.8. The van der Waals surface area contributed by atoms with Gasteiger partial charge in [-0.2, -0.15) is 0 Å². The van der Waals surface area contributed by atoms with E-state index in [0.29, 0.717) is 22.9 Å². The maximum Gasteiger partial charge on any atom is 0.278 e. The number of nitrogens with zero attached hydrogens (tertiary/aromatic N) is 3. The van der Waals surface area contributed by atoms with Gasteiger partial charge in [-0.25, -0.2) is 4.98 Å². The smallest absolute Gasteiger partial charge is 0.278 e. The Balaban J connectivity index is 1.99. The minimum atomic E-state index is -0.476. The predicted octanol–water partition coefficient (Wildman–Crippen LogP) is 3.48. The lowest BCUT2D eigenvalue weighted by Gasteiger charge is -2.15. The quantitative estimate of drug-likeness (QED) is 0.565. The topological polar surface area (TPSA) is 98.0 Å². The third-order valence-electron chi connectivity index (χ3n) is 3.65. The van der Waals surface area contributed by atoms with Crippen molar-refractivity contribution in [2.75, 3.05) is 0 Å². The van der Waals surface area contributed by atoms with Crippen LogP contribution in [0.15, 0.2) is 42.0 Å². The molecule has 0 saturated carbocycles. The second-order valence-electron chi connectivity index (χ2n) is 5.09. The normalized spacial score (nSPS) is 12.0. The Bertz CT molecular complexity index is 895. The molecule has 3 rings (SSSR count). The van der Waals surface area contributed by atoms with Crippen LogP contribution < -0.4 is 5.32 Å². The number of nitrogens with one attached hydrogen (secondary N) is 1. The van der Waals surface area contributed by atoms with Gasteiger partial charge in [-0.1, -0.05) is 6.92 Å². The second kappa shape index (κ2) is 6.71. The number of hydrogen-bond acceptors (Lipinski definition) is 6. The van der Waals surface area contributed by atoms with E-state index < -0.39 is 4.92 Å². The number of benzene rings is 1. The molecule has 2 heterocycles. The summed E-state index contributed by atoms with van der Waals surface area (Å²) >= 11 is 1.47. The summed E-state index contributed by atoms with van der Waals surface area (Å²) < 4.78 is 0. The summed E-state index contributed by atoms with van der Waals surface area (Å²) in [5, 5.41) is 17.1. The van der Waals surface area contributed by atoms with Crippen molar-refractivity contribution in [3.63, 3.8) is 0 Å². The lowest BCUT2D eigenvalue weighted by molar-refractivity contribution is -0.383. The number of thiazole rings is 1. The van der Waals surface area contributed by atoms with Crippen molar-refractivity contribution in [3.8, 4) is 0 Å². The zero-order valence-corrected chi connectivity index (χ0v) is 13.6. The van der Waals surface area contributed by atoms with Gasteiger partial charge in [0.25, 0.3) is 11.6 Å². The largest absolute Gasteiger partial charge is 0.343 e. The van der Waals surface area contributed by atoms with Crippen LogP contribution >= 0.6 is 11.3 Å². The van der Waals surface area contributed by atoms with E-state index in [0.717, 1.165) is 5.01 Å². The summed E-state index contributed by atoms with van der Waals surface area (Å²) in [5.74, 6) is -0.323. The number of fused-ring (bicyclic) bond motifs is 1. The first-order valence-electron chi connectivity index (χ1n) is 7.34. The van der Waals surface area contributed by atoms with E-state index in [1.807, 2.05) is 12.3 Å². The van der Waals surface area contributed by atoms with Gasteiger partial charge in [0.2, 0.25) is 0 Å². The van der Waals surface area contributed by atoms with Crippen molar-refractivity contribution < 1.29 is 9.72 Å². The lowest BCUT2D eigenvalue weighted by atomic mass is 10.1. The monoisotopic (exact) mass is 342 g/mol. The number of nitro groups is 1. The number of carbonyl (C=O) groups is 1. The van der Waals surface area contributed by atoms with Gasteiger partial charge in [0.1, 0.15) is 5.01 Å². The van der Waals surface area contributed by atoms with E-state index in [-0.39, 0.29) is 17.6 Å². The van der Waals surface area contributed by atoms with Crippen LogP contribution in [0.4, 0.5) is 5.69 Å². The van der Waals surface area contributed by atoms with E-state index in [2.05, 4.69) is 15.3 Å². The average Bonchev–Trinajstić information content (AvgIpc) is 3.12. The van der Waals surface area contributed by atoms with Crippen LogP contribution in [-0.2, 0) is 0 Å². The summed E-state index contributed by atoms with van der Waals surface area (Å²) in [4.78, 5) is 31.7. The fourth-order valence-corrected chi connectivity index (χ4v) is 3.25. The number of hydrogen-bond donors (Lipinski definition) is 1. The Labute approximate surface area is 141 Å². The summed E-state index contributed by atoms with van der Waals surface area (Å²) in [6.45, 7) is 1.96. The molecule has 1 unspecified atom stereocenters. The predicted molar refractivity (Wildman–Crippen MR) is 91.0 cm³/mol. The summed E-state index contributed by atoms with van der Waals surface area (Å²) in [6.07, 6.45) is 3.90. The molecule has 122 valence electrons. The molecule has 0 bridgehead atoms. The summed E-state index contributed by atoms with van der Waals surface area (Å²) in [7, 11) is 0. The third kappa shape index (κ3) is 2.95. The molecule has 0 radical (unpaired) electrons. The van der Waals surface area contributed by atoms with E-state index in [9.17, 15) is 14.9 Å². The van der Waals surface area contributed by atoms with Crippen LogP contribution in [0.5, 0.6) is 0 Å².